The van der Waals surface area contributed by atoms with E-state index in [1.54, 1.807) is 0 Å². The Hall–Kier alpha value is -3.01. The Morgan fingerprint density at radius 2 is 1.62 bits per heavy atom. The van der Waals surface area contributed by atoms with Crippen molar-refractivity contribution < 1.29 is 4.48 Å². The van der Waals surface area contributed by atoms with Crippen LogP contribution in [0.25, 0.3) is 22.4 Å². The molecular formula is C25H25BN3+. The van der Waals surface area contributed by atoms with Crippen LogP contribution in [0, 0.1) is 13.8 Å². The van der Waals surface area contributed by atoms with E-state index in [1.165, 1.54) is 50.3 Å². The van der Waals surface area contributed by atoms with Crippen molar-refractivity contribution in [2.75, 3.05) is 4.81 Å². The van der Waals surface area contributed by atoms with Crippen LogP contribution in [0.4, 0.5) is 5.69 Å². The van der Waals surface area contributed by atoms with Gasteiger partial charge in [-0.3, -0.25) is 4.48 Å². The highest BCUT2D eigenvalue weighted by molar-refractivity contribution is 6.71. The predicted molar refractivity (Wildman–Crippen MR) is 121 cm³/mol. The third-order valence-electron chi connectivity index (χ3n) is 6.74. The second-order valence-corrected chi connectivity index (χ2v) is 8.76. The molecule has 0 amide bonds. The maximum Gasteiger partial charge on any atom is 0.538 e. The fourth-order valence-electron chi connectivity index (χ4n) is 5.60. The smallest absolute Gasteiger partial charge is 0.367 e. The summed E-state index contributed by atoms with van der Waals surface area (Å²) in [6.07, 6.45) is 0. The molecule has 0 spiro atoms. The average Bonchev–Trinajstić information content (AvgIpc) is 3.23. The van der Waals surface area contributed by atoms with Gasteiger partial charge in [0.2, 0.25) is 0 Å². The molecule has 0 atom stereocenters. The Balaban J connectivity index is 1.80. The highest BCUT2D eigenvalue weighted by Gasteiger charge is 2.51. The van der Waals surface area contributed by atoms with Crippen LogP contribution in [0.2, 0.25) is 0 Å². The Labute approximate surface area is 172 Å². The summed E-state index contributed by atoms with van der Waals surface area (Å²) in [4.78, 5) is 2.63. The van der Waals surface area contributed by atoms with Gasteiger partial charge in [-0.1, -0.05) is 42.5 Å². The normalized spacial score (nSPS) is 14.2. The summed E-state index contributed by atoms with van der Waals surface area (Å²) in [5.41, 5.74) is 11.0. The summed E-state index contributed by atoms with van der Waals surface area (Å²) in [6.45, 7) is 10.3. The molecule has 29 heavy (non-hydrogen) atoms. The average molecular weight is 378 g/mol. The highest BCUT2D eigenvalue weighted by Crippen LogP contribution is 2.43. The van der Waals surface area contributed by atoms with Crippen molar-refractivity contribution in [3.8, 4) is 11.4 Å². The minimum Gasteiger partial charge on any atom is -0.367 e. The van der Waals surface area contributed by atoms with E-state index in [1.807, 2.05) is 0 Å². The molecule has 0 fully saturated rings. The molecule has 3 aromatic carbocycles. The van der Waals surface area contributed by atoms with Gasteiger partial charge >= 0.3 is 6.98 Å². The summed E-state index contributed by atoms with van der Waals surface area (Å²) in [5, 5.41) is 0. The minimum atomic E-state index is 0.151. The van der Waals surface area contributed by atoms with Crippen LogP contribution in [0.15, 0.2) is 60.7 Å². The molecule has 0 radical (unpaired) electrons. The third kappa shape index (κ3) is 2.07. The number of anilines is 1. The molecule has 1 aromatic heterocycles. The van der Waals surface area contributed by atoms with Gasteiger partial charge in [0.1, 0.15) is 6.54 Å². The molecule has 3 nitrogen and oxygen atoms in total. The van der Waals surface area contributed by atoms with Crippen molar-refractivity contribution in [2.24, 2.45) is 0 Å². The molecule has 6 rings (SSSR count). The number of nitrogens with zero attached hydrogens (tertiary/aromatic N) is 3. The van der Waals surface area contributed by atoms with Crippen molar-refractivity contribution in [1.29, 1.82) is 0 Å². The Morgan fingerprint density at radius 1 is 0.897 bits per heavy atom. The molecule has 4 aromatic rings. The van der Waals surface area contributed by atoms with Crippen LogP contribution < -0.4 is 14.8 Å². The Bertz CT molecular complexity index is 1280. The van der Waals surface area contributed by atoms with Gasteiger partial charge in [0.05, 0.1) is 5.56 Å². The maximum atomic E-state index is 2.63. The first-order chi connectivity index (χ1) is 14.1. The monoisotopic (exact) mass is 378 g/mol. The van der Waals surface area contributed by atoms with E-state index in [2.05, 4.69) is 102 Å². The molecule has 2 aliphatic heterocycles. The number of benzene rings is 3. The van der Waals surface area contributed by atoms with Crippen molar-refractivity contribution in [3.05, 3.63) is 77.4 Å². The molecule has 0 aliphatic carbocycles. The number of aryl methyl sites for hydroxylation is 2. The summed E-state index contributed by atoms with van der Waals surface area (Å²) < 4.78 is 5.12. The maximum absolute atomic E-state index is 2.63. The van der Waals surface area contributed by atoms with Crippen molar-refractivity contribution in [3.63, 3.8) is 0 Å². The molecule has 142 valence electrons. The van der Waals surface area contributed by atoms with E-state index >= 15 is 0 Å². The molecular weight excluding hydrogens is 353 g/mol. The zero-order chi connectivity index (χ0) is 19.9. The zero-order valence-electron chi connectivity index (χ0n) is 17.5. The Kier molecular flexibility index (Phi) is 3.36. The summed E-state index contributed by atoms with van der Waals surface area (Å²) in [7, 11) is 0. The number of aromatic nitrogens is 2. The lowest BCUT2D eigenvalue weighted by molar-refractivity contribution is -0.495. The van der Waals surface area contributed by atoms with Crippen molar-refractivity contribution in [1.82, 2.24) is 4.57 Å². The van der Waals surface area contributed by atoms with Crippen LogP contribution >= 0.6 is 0 Å². The molecule has 0 saturated carbocycles. The highest BCUT2D eigenvalue weighted by atomic mass is 15.3. The third-order valence-corrected chi connectivity index (χ3v) is 6.74. The molecule has 2 aliphatic rings. The van der Waals surface area contributed by atoms with Gasteiger partial charge < -0.3 is 4.81 Å². The summed E-state index contributed by atoms with van der Waals surface area (Å²) >= 11 is 0. The fourth-order valence-corrected chi connectivity index (χ4v) is 5.60. The van der Waals surface area contributed by atoms with E-state index < -0.39 is 0 Å². The second kappa shape index (κ2) is 5.76. The van der Waals surface area contributed by atoms with Gasteiger partial charge in [0, 0.05) is 22.8 Å². The van der Waals surface area contributed by atoms with Crippen LogP contribution in [0.1, 0.15) is 30.5 Å². The van der Waals surface area contributed by atoms with Crippen LogP contribution in [0.3, 0.4) is 0 Å². The van der Waals surface area contributed by atoms with E-state index in [4.69, 9.17) is 0 Å². The van der Waals surface area contributed by atoms with Crippen LogP contribution in [-0.4, -0.2) is 17.6 Å². The second-order valence-electron chi connectivity index (χ2n) is 8.76. The SMILES string of the molecule is Cc1cccc(C)c1B1N(C(C)C)c2cccc3c2-c2n(c4ccccc4[n+]21)C3. The molecule has 3 heterocycles. The van der Waals surface area contributed by atoms with Gasteiger partial charge in [-0.2, -0.15) is 0 Å². The van der Waals surface area contributed by atoms with E-state index in [0.29, 0.717) is 6.04 Å². The predicted octanol–water partition coefficient (Wildman–Crippen LogP) is 4.05. The molecule has 0 N–H and O–H groups in total. The van der Waals surface area contributed by atoms with Gasteiger partial charge in [0.25, 0.3) is 5.82 Å². The minimum absolute atomic E-state index is 0.151. The number of imidazole rings is 1. The zero-order valence-corrected chi connectivity index (χ0v) is 17.5. The van der Waals surface area contributed by atoms with Crippen molar-refractivity contribution in [2.45, 2.75) is 40.3 Å². The largest absolute Gasteiger partial charge is 0.538 e. The molecule has 0 unspecified atom stereocenters. The number of hydrogen-bond donors (Lipinski definition) is 0. The topological polar surface area (TPSA) is 12.1 Å². The molecule has 0 saturated heterocycles. The van der Waals surface area contributed by atoms with Gasteiger partial charge in [-0.05, 0) is 57.0 Å². The van der Waals surface area contributed by atoms with Crippen LogP contribution in [0.5, 0.6) is 0 Å². The van der Waals surface area contributed by atoms with Gasteiger partial charge in [-0.15, -0.1) is 0 Å². The first-order valence-corrected chi connectivity index (χ1v) is 10.6. The van der Waals surface area contributed by atoms with E-state index in [-0.39, 0.29) is 6.98 Å². The van der Waals surface area contributed by atoms with E-state index in [9.17, 15) is 0 Å². The first kappa shape index (κ1) is 16.9. The molecule has 4 heteroatoms. The lowest BCUT2D eigenvalue weighted by Gasteiger charge is -2.37. The summed E-state index contributed by atoms with van der Waals surface area (Å²) in [5.74, 6) is 1.36. The first-order valence-electron chi connectivity index (χ1n) is 10.6. The number of hydrogen-bond acceptors (Lipinski definition) is 1. The molecule has 0 bridgehead atoms. The number of para-hydroxylation sites is 2. The number of rotatable bonds is 2. The number of fused-ring (bicyclic) bond motifs is 3. The van der Waals surface area contributed by atoms with Gasteiger partial charge in [0.15, 0.2) is 11.0 Å². The quantitative estimate of drug-likeness (QED) is 0.422. The Morgan fingerprint density at radius 3 is 2.38 bits per heavy atom. The lowest BCUT2D eigenvalue weighted by atomic mass is 9.59. The summed E-state index contributed by atoms with van der Waals surface area (Å²) in [6, 6.07) is 22.8. The standard InChI is InChI=1S/C25H25BN3/c1-16(2)28-22-14-8-11-19-15-27-20-12-5-6-13-21(20)29(25(27)23(19)22)26(28)24-17(3)9-7-10-18(24)4/h5-14,16H,15H2,1-4H3/q+1. The van der Waals surface area contributed by atoms with Crippen LogP contribution in [-0.2, 0) is 6.54 Å². The van der Waals surface area contributed by atoms with E-state index in [0.717, 1.165) is 6.54 Å². The van der Waals surface area contributed by atoms with Gasteiger partial charge in [-0.25, -0.2) is 4.57 Å². The fraction of sp³-hybridized carbons (Fsp3) is 0.240. The lowest BCUT2D eigenvalue weighted by Crippen LogP contribution is -2.73. The van der Waals surface area contributed by atoms with Crippen molar-refractivity contribution >= 4 is 29.2 Å².